The molecule has 0 saturated heterocycles. The summed E-state index contributed by atoms with van der Waals surface area (Å²) in [4.78, 5) is 0.212. The van der Waals surface area contributed by atoms with Crippen molar-refractivity contribution >= 4 is 9.84 Å². The first-order valence-corrected chi connectivity index (χ1v) is 9.23. The fraction of sp³-hybridized carbons (Fsp3) is 0.625. The highest BCUT2D eigenvalue weighted by molar-refractivity contribution is 7.92. The van der Waals surface area contributed by atoms with Crippen LogP contribution in [-0.4, -0.2) is 20.2 Å². The van der Waals surface area contributed by atoms with Crippen molar-refractivity contribution in [3.05, 3.63) is 30.1 Å². The highest BCUT2D eigenvalue weighted by Gasteiger charge is 2.38. The molecule has 118 valence electrons. The van der Waals surface area contributed by atoms with Crippen LogP contribution in [0.2, 0.25) is 0 Å². The average Bonchev–Trinajstić information content (AvgIpc) is 2.48. The van der Waals surface area contributed by atoms with Gasteiger partial charge in [0.15, 0.2) is 9.84 Å². The van der Waals surface area contributed by atoms with E-state index in [4.69, 9.17) is 5.73 Å². The summed E-state index contributed by atoms with van der Waals surface area (Å²) in [6.45, 7) is 2.52. The Morgan fingerprint density at radius 1 is 1.24 bits per heavy atom. The van der Waals surface area contributed by atoms with Gasteiger partial charge in [0.2, 0.25) is 0 Å². The lowest BCUT2D eigenvalue weighted by atomic mass is 9.80. The monoisotopic (exact) mass is 313 g/mol. The predicted molar refractivity (Wildman–Crippen MR) is 82.2 cm³/mol. The third-order valence-corrected chi connectivity index (χ3v) is 6.88. The van der Waals surface area contributed by atoms with E-state index in [0.717, 1.165) is 25.7 Å². The van der Waals surface area contributed by atoms with Crippen LogP contribution in [0.3, 0.4) is 0 Å². The highest BCUT2D eigenvalue weighted by Crippen LogP contribution is 2.37. The molecule has 3 unspecified atom stereocenters. The maximum absolute atomic E-state index is 13.0. The van der Waals surface area contributed by atoms with E-state index in [0.29, 0.717) is 18.9 Å². The molecule has 21 heavy (non-hydrogen) atoms. The van der Waals surface area contributed by atoms with Gasteiger partial charge in [0.05, 0.1) is 10.1 Å². The molecule has 0 spiro atoms. The van der Waals surface area contributed by atoms with Crippen LogP contribution in [0, 0.1) is 17.7 Å². The van der Waals surface area contributed by atoms with E-state index in [1.165, 1.54) is 24.3 Å². The molecule has 1 aromatic carbocycles. The lowest BCUT2D eigenvalue weighted by molar-refractivity contribution is 0.268. The van der Waals surface area contributed by atoms with E-state index in [9.17, 15) is 12.8 Å². The van der Waals surface area contributed by atoms with Gasteiger partial charge >= 0.3 is 0 Å². The third kappa shape index (κ3) is 3.64. The minimum Gasteiger partial charge on any atom is -0.330 e. The molecule has 3 nitrogen and oxygen atoms in total. The molecule has 3 atom stereocenters. The van der Waals surface area contributed by atoms with Gasteiger partial charge in [0, 0.05) is 0 Å². The summed E-state index contributed by atoms with van der Waals surface area (Å²) in [5, 5.41) is -0.432. The Bertz CT molecular complexity index is 556. The quantitative estimate of drug-likeness (QED) is 0.850. The smallest absolute Gasteiger partial charge is 0.181 e. The van der Waals surface area contributed by atoms with E-state index >= 15 is 0 Å². The fourth-order valence-electron chi connectivity index (χ4n) is 3.39. The SMILES string of the molecule is CCCC1CCC(CN)C(S(=O)(=O)c2ccc(F)cc2)C1. The van der Waals surface area contributed by atoms with E-state index in [2.05, 4.69) is 6.92 Å². The Hall–Kier alpha value is -0.940. The van der Waals surface area contributed by atoms with Gasteiger partial charge in [-0.2, -0.15) is 0 Å². The van der Waals surface area contributed by atoms with Crippen LogP contribution >= 0.6 is 0 Å². The standard InChI is InChI=1S/C16H24FNO2S/c1-2-3-12-4-5-13(11-18)16(10-12)21(19,20)15-8-6-14(17)7-9-15/h6-9,12-13,16H,2-5,10-11,18H2,1H3. The summed E-state index contributed by atoms with van der Waals surface area (Å²) in [7, 11) is -3.44. The number of hydrogen-bond acceptors (Lipinski definition) is 3. The molecular formula is C16H24FNO2S. The summed E-state index contributed by atoms with van der Waals surface area (Å²) in [5.74, 6) is 0.0445. The van der Waals surface area contributed by atoms with Crippen molar-refractivity contribution in [2.45, 2.75) is 49.2 Å². The second-order valence-corrected chi connectivity index (χ2v) is 8.17. The lowest BCUT2D eigenvalue weighted by Crippen LogP contribution is -2.39. The fourth-order valence-corrected chi connectivity index (χ4v) is 5.54. The third-order valence-electron chi connectivity index (χ3n) is 4.58. The lowest BCUT2D eigenvalue weighted by Gasteiger charge is -2.35. The number of nitrogens with two attached hydrogens (primary N) is 1. The Labute approximate surface area is 126 Å². The first kappa shape index (κ1) is 16.4. The summed E-state index contributed by atoms with van der Waals surface area (Å²) in [5.41, 5.74) is 5.79. The number of halogens is 1. The molecule has 1 fully saturated rings. The van der Waals surface area contributed by atoms with Crippen LogP contribution in [0.4, 0.5) is 4.39 Å². The van der Waals surface area contributed by atoms with Gasteiger partial charge in [-0.15, -0.1) is 0 Å². The topological polar surface area (TPSA) is 60.2 Å². The summed E-state index contributed by atoms with van der Waals surface area (Å²) < 4.78 is 38.7. The summed E-state index contributed by atoms with van der Waals surface area (Å²) in [6.07, 6.45) is 4.74. The number of sulfone groups is 1. The molecule has 1 saturated carbocycles. The molecule has 2 rings (SSSR count). The zero-order chi connectivity index (χ0) is 15.5. The number of benzene rings is 1. The molecule has 0 radical (unpaired) electrons. The first-order valence-electron chi connectivity index (χ1n) is 7.68. The largest absolute Gasteiger partial charge is 0.330 e. The molecule has 2 N–H and O–H groups in total. The Balaban J connectivity index is 2.28. The highest BCUT2D eigenvalue weighted by atomic mass is 32.2. The molecular weight excluding hydrogens is 289 g/mol. The van der Waals surface area contributed by atoms with Crippen LogP contribution in [0.15, 0.2) is 29.2 Å². The van der Waals surface area contributed by atoms with E-state index in [1.54, 1.807) is 0 Å². The van der Waals surface area contributed by atoms with Gasteiger partial charge < -0.3 is 5.73 Å². The first-order chi connectivity index (χ1) is 9.98. The number of rotatable bonds is 5. The van der Waals surface area contributed by atoms with Crippen molar-refractivity contribution in [2.24, 2.45) is 17.6 Å². The minimum absolute atomic E-state index is 0.00755. The molecule has 0 heterocycles. The van der Waals surface area contributed by atoms with Crippen molar-refractivity contribution in [1.29, 1.82) is 0 Å². The Morgan fingerprint density at radius 3 is 2.48 bits per heavy atom. The Morgan fingerprint density at radius 2 is 1.90 bits per heavy atom. The normalized spacial score (nSPS) is 26.7. The summed E-state index contributed by atoms with van der Waals surface area (Å²) in [6, 6.07) is 5.14. The molecule has 0 aromatic heterocycles. The van der Waals surface area contributed by atoms with Crippen molar-refractivity contribution in [3.8, 4) is 0 Å². The van der Waals surface area contributed by atoms with Crippen molar-refractivity contribution in [3.63, 3.8) is 0 Å². The maximum Gasteiger partial charge on any atom is 0.181 e. The molecule has 0 aliphatic heterocycles. The van der Waals surface area contributed by atoms with E-state index < -0.39 is 20.9 Å². The van der Waals surface area contributed by atoms with Crippen molar-refractivity contribution in [2.75, 3.05) is 6.54 Å². The van der Waals surface area contributed by atoms with E-state index in [-0.39, 0.29) is 10.8 Å². The predicted octanol–water partition coefficient (Wildman–Crippen LogP) is 3.14. The maximum atomic E-state index is 13.0. The van der Waals surface area contributed by atoms with E-state index in [1.807, 2.05) is 0 Å². The second-order valence-electron chi connectivity index (χ2n) is 6.00. The Kier molecular flexibility index (Phi) is 5.38. The molecule has 0 bridgehead atoms. The second kappa shape index (κ2) is 6.88. The van der Waals surface area contributed by atoms with Crippen LogP contribution in [0.25, 0.3) is 0 Å². The minimum atomic E-state index is -3.44. The van der Waals surface area contributed by atoms with Gasteiger partial charge in [-0.25, -0.2) is 12.8 Å². The van der Waals surface area contributed by atoms with Gasteiger partial charge in [0.25, 0.3) is 0 Å². The van der Waals surface area contributed by atoms with Crippen LogP contribution < -0.4 is 5.73 Å². The van der Waals surface area contributed by atoms with Crippen molar-refractivity contribution in [1.82, 2.24) is 0 Å². The van der Waals surface area contributed by atoms with Gasteiger partial charge in [-0.1, -0.05) is 26.2 Å². The van der Waals surface area contributed by atoms with Gasteiger partial charge in [0.1, 0.15) is 5.82 Å². The van der Waals surface area contributed by atoms with Crippen LogP contribution in [0.5, 0.6) is 0 Å². The molecule has 1 aliphatic rings. The zero-order valence-corrected chi connectivity index (χ0v) is 13.3. The molecule has 1 aliphatic carbocycles. The van der Waals surface area contributed by atoms with Gasteiger partial charge in [-0.05, 0) is 55.5 Å². The molecule has 0 amide bonds. The van der Waals surface area contributed by atoms with Gasteiger partial charge in [-0.3, -0.25) is 0 Å². The van der Waals surface area contributed by atoms with Crippen LogP contribution in [0.1, 0.15) is 39.0 Å². The molecule has 1 aromatic rings. The zero-order valence-electron chi connectivity index (χ0n) is 12.5. The number of hydrogen-bond donors (Lipinski definition) is 1. The average molecular weight is 313 g/mol. The van der Waals surface area contributed by atoms with Crippen LogP contribution in [-0.2, 0) is 9.84 Å². The van der Waals surface area contributed by atoms with Crippen molar-refractivity contribution < 1.29 is 12.8 Å². The molecule has 5 heteroatoms. The summed E-state index contributed by atoms with van der Waals surface area (Å²) >= 11 is 0.